The van der Waals surface area contributed by atoms with Crippen LogP contribution < -0.4 is 4.72 Å². The van der Waals surface area contributed by atoms with Gasteiger partial charge in [-0.05, 0) is 47.9 Å². The van der Waals surface area contributed by atoms with E-state index in [9.17, 15) is 8.42 Å². The SMILES string of the molecule is C=Cc1ccc(-c2ccc(S(=O)(=O)Nc3cccc(C)n3)cc2)cc1. The normalized spacial score (nSPS) is 11.1. The summed E-state index contributed by atoms with van der Waals surface area (Å²) >= 11 is 0. The topological polar surface area (TPSA) is 59.1 Å². The summed E-state index contributed by atoms with van der Waals surface area (Å²) < 4.78 is 27.5. The van der Waals surface area contributed by atoms with Crippen molar-refractivity contribution in [1.82, 2.24) is 4.98 Å². The molecule has 126 valence electrons. The number of nitrogens with one attached hydrogen (secondary N) is 1. The summed E-state index contributed by atoms with van der Waals surface area (Å²) in [6.45, 7) is 5.54. The molecule has 0 amide bonds. The summed E-state index contributed by atoms with van der Waals surface area (Å²) in [5.74, 6) is 0.309. The quantitative estimate of drug-likeness (QED) is 0.737. The molecule has 0 saturated heterocycles. The van der Waals surface area contributed by atoms with E-state index in [2.05, 4.69) is 16.3 Å². The molecule has 0 aliphatic heterocycles. The Bertz CT molecular complexity index is 993. The van der Waals surface area contributed by atoms with E-state index in [1.165, 1.54) is 0 Å². The van der Waals surface area contributed by atoms with E-state index in [4.69, 9.17) is 0 Å². The van der Waals surface area contributed by atoms with Gasteiger partial charge in [0.15, 0.2) is 0 Å². The molecular formula is C20H18N2O2S. The minimum atomic E-state index is -3.67. The van der Waals surface area contributed by atoms with Crippen molar-refractivity contribution in [3.63, 3.8) is 0 Å². The number of pyridine rings is 1. The standard InChI is InChI=1S/C20H18N2O2S/c1-3-16-7-9-17(10-8-16)18-11-13-19(14-12-18)25(23,24)22-20-6-4-5-15(2)21-20/h3-14H,1H2,2H3,(H,21,22). The molecule has 0 bridgehead atoms. The Morgan fingerprint density at radius 3 is 2.08 bits per heavy atom. The predicted octanol–water partition coefficient (Wildman–Crippen LogP) is 4.50. The van der Waals surface area contributed by atoms with Crippen molar-refractivity contribution in [2.75, 3.05) is 4.72 Å². The number of aromatic nitrogens is 1. The van der Waals surface area contributed by atoms with Crippen LogP contribution in [0.3, 0.4) is 0 Å². The molecular weight excluding hydrogens is 332 g/mol. The monoisotopic (exact) mass is 350 g/mol. The second kappa shape index (κ2) is 6.91. The van der Waals surface area contributed by atoms with Crippen LogP contribution in [0.4, 0.5) is 5.82 Å². The average molecular weight is 350 g/mol. The van der Waals surface area contributed by atoms with E-state index in [0.717, 1.165) is 22.4 Å². The Balaban J connectivity index is 1.84. The van der Waals surface area contributed by atoms with Crippen molar-refractivity contribution in [3.05, 3.63) is 84.6 Å². The number of anilines is 1. The Labute approximate surface area is 147 Å². The number of rotatable bonds is 5. The highest BCUT2D eigenvalue weighted by atomic mass is 32.2. The third-order valence-electron chi connectivity index (χ3n) is 3.77. The number of nitrogens with zero attached hydrogens (tertiary/aromatic N) is 1. The zero-order valence-corrected chi connectivity index (χ0v) is 14.6. The molecule has 0 unspecified atom stereocenters. The van der Waals surface area contributed by atoms with Gasteiger partial charge in [-0.25, -0.2) is 13.4 Å². The highest BCUT2D eigenvalue weighted by molar-refractivity contribution is 7.92. The smallest absolute Gasteiger partial charge is 0.263 e. The molecule has 1 N–H and O–H groups in total. The summed E-state index contributed by atoms with van der Waals surface area (Å²) in [5.41, 5.74) is 3.75. The maximum atomic E-state index is 12.5. The van der Waals surface area contributed by atoms with Crippen LogP contribution in [-0.2, 0) is 10.0 Å². The van der Waals surface area contributed by atoms with E-state index >= 15 is 0 Å². The third kappa shape index (κ3) is 3.95. The fourth-order valence-electron chi connectivity index (χ4n) is 2.43. The molecule has 0 aliphatic rings. The first-order chi connectivity index (χ1) is 12.0. The minimum absolute atomic E-state index is 0.197. The van der Waals surface area contributed by atoms with Gasteiger partial charge in [-0.3, -0.25) is 4.72 Å². The van der Waals surface area contributed by atoms with Crippen molar-refractivity contribution in [2.24, 2.45) is 0 Å². The molecule has 0 radical (unpaired) electrons. The second-order valence-corrected chi connectivity index (χ2v) is 7.30. The fourth-order valence-corrected chi connectivity index (χ4v) is 3.44. The minimum Gasteiger partial charge on any atom is -0.263 e. The molecule has 1 aromatic heterocycles. The number of hydrogen-bond acceptors (Lipinski definition) is 3. The second-order valence-electron chi connectivity index (χ2n) is 5.62. The molecule has 3 aromatic rings. The van der Waals surface area contributed by atoms with Crippen molar-refractivity contribution in [1.29, 1.82) is 0 Å². The van der Waals surface area contributed by atoms with Crippen LogP contribution in [0.25, 0.3) is 17.2 Å². The van der Waals surface area contributed by atoms with E-state index in [1.54, 1.807) is 42.5 Å². The predicted molar refractivity (Wildman–Crippen MR) is 102 cm³/mol. The average Bonchev–Trinajstić information content (AvgIpc) is 2.61. The summed E-state index contributed by atoms with van der Waals surface area (Å²) in [7, 11) is -3.67. The van der Waals surface area contributed by atoms with Gasteiger partial charge in [0.2, 0.25) is 0 Å². The zero-order chi connectivity index (χ0) is 17.9. The molecule has 0 atom stereocenters. The summed E-state index contributed by atoms with van der Waals surface area (Å²) in [6.07, 6.45) is 1.78. The van der Waals surface area contributed by atoms with Crippen LogP contribution in [0.15, 0.2) is 78.2 Å². The first kappa shape index (κ1) is 16.9. The van der Waals surface area contributed by atoms with E-state index in [-0.39, 0.29) is 4.90 Å². The van der Waals surface area contributed by atoms with Crippen LogP contribution in [0, 0.1) is 6.92 Å². The Kier molecular flexibility index (Phi) is 4.67. The van der Waals surface area contributed by atoms with Crippen LogP contribution in [0.2, 0.25) is 0 Å². The van der Waals surface area contributed by atoms with Crippen LogP contribution in [0.5, 0.6) is 0 Å². The number of aryl methyl sites for hydroxylation is 1. The molecule has 4 nitrogen and oxygen atoms in total. The van der Waals surface area contributed by atoms with E-state index in [1.807, 2.05) is 37.3 Å². The molecule has 3 rings (SSSR count). The molecule has 0 saturated carbocycles. The maximum Gasteiger partial charge on any atom is 0.263 e. The van der Waals surface area contributed by atoms with Crippen LogP contribution >= 0.6 is 0 Å². The molecule has 0 spiro atoms. The summed E-state index contributed by atoms with van der Waals surface area (Å²) in [5, 5.41) is 0. The van der Waals surface area contributed by atoms with Gasteiger partial charge in [0.25, 0.3) is 10.0 Å². The molecule has 25 heavy (non-hydrogen) atoms. The maximum absolute atomic E-state index is 12.5. The number of hydrogen-bond donors (Lipinski definition) is 1. The van der Waals surface area contributed by atoms with Crippen LogP contribution in [0.1, 0.15) is 11.3 Å². The van der Waals surface area contributed by atoms with Gasteiger partial charge in [-0.15, -0.1) is 0 Å². The van der Waals surface area contributed by atoms with Crippen molar-refractivity contribution < 1.29 is 8.42 Å². The lowest BCUT2D eigenvalue weighted by Gasteiger charge is -2.09. The Hall–Kier alpha value is -2.92. The number of benzene rings is 2. The van der Waals surface area contributed by atoms with Crippen molar-refractivity contribution in [3.8, 4) is 11.1 Å². The molecule has 2 aromatic carbocycles. The van der Waals surface area contributed by atoms with Crippen LogP contribution in [-0.4, -0.2) is 13.4 Å². The largest absolute Gasteiger partial charge is 0.263 e. The molecule has 1 heterocycles. The van der Waals surface area contributed by atoms with Gasteiger partial charge in [0, 0.05) is 5.69 Å². The lowest BCUT2D eigenvalue weighted by atomic mass is 10.0. The first-order valence-corrected chi connectivity index (χ1v) is 9.26. The molecule has 0 fully saturated rings. The van der Waals surface area contributed by atoms with E-state index < -0.39 is 10.0 Å². The Morgan fingerprint density at radius 2 is 1.52 bits per heavy atom. The number of sulfonamides is 1. The highest BCUT2D eigenvalue weighted by Gasteiger charge is 2.15. The Morgan fingerprint density at radius 1 is 0.920 bits per heavy atom. The van der Waals surface area contributed by atoms with Gasteiger partial charge in [-0.2, -0.15) is 0 Å². The lowest BCUT2D eigenvalue weighted by molar-refractivity contribution is 0.601. The summed E-state index contributed by atoms with van der Waals surface area (Å²) in [4.78, 5) is 4.36. The van der Waals surface area contributed by atoms with Crippen molar-refractivity contribution in [2.45, 2.75) is 11.8 Å². The van der Waals surface area contributed by atoms with Crippen molar-refractivity contribution >= 4 is 21.9 Å². The van der Waals surface area contributed by atoms with Gasteiger partial charge in [0.05, 0.1) is 4.90 Å². The third-order valence-corrected chi connectivity index (χ3v) is 5.14. The fraction of sp³-hybridized carbons (Fsp3) is 0.0500. The first-order valence-electron chi connectivity index (χ1n) is 7.77. The molecule has 5 heteroatoms. The van der Waals surface area contributed by atoms with Gasteiger partial charge < -0.3 is 0 Å². The summed E-state index contributed by atoms with van der Waals surface area (Å²) in [6, 6.07) is 19.9. The highest BCUT2D eigenvalue weighted by Crippen LogP contribution is 2.23. The van der Waals surface area contributed by atoms with E-state index in [0.29, 0.717) is 5.82 Å². The van der Waals surface area contributed by atoms with Gasteiger partial charge >= 0.3 is 0 Å². The lowest BCUT2D eigenvalue weighted by Crippen LogP contribution is -2.14. The molecule has 0 aliphatic carbocycles. The van der Waals surface area contributed by atoms with Gasteiger partial charge in [0.1, 0.15) is 5.82 Å². The zero-order valence-electron chi connectivity index (χ0n) is 13.8. The van der Waals surface area contributed by atoms with Gasteiger partial charge in [-0.1, -0.05) is 55.1 Å².